The minimum absolute atomic E-state index is 0.502. The van der Waals surface area contributed by atoms with Crippen LogP contribution in [0, 0.1) is 0 Å². The van der Waals surface area contributed by atoms with Crippen molar-refractivity contribution < 1.29 is 0 Å². The third kappa shape index (κ3) is 7.54. The summed E-state index contributed by atoms with van der Waals surface area (Å²) in [6.45, 7) is 15.9. The highest BCUT2D eigenvalue weighted by Crippen LogP contribution is 1.98. The quantitative estimate of drug-likeness (QED) is 0.377. The standard InChI is InChI=1S/C14H32N4/c1-6-10-11-16-14(15-7-2)17-12-13(5)18(8-3)9-4/h13H,6-12H2,1-5H3,(H2,15,16,17). The SMILES string of the molecule is CCCCNC(=NCC(C)N(CC)CC)NCC. The van der Waals surface area contributed by atoms with Crippen molar-refractivity contribution in [2.45, 2.75) is 53.5 Å². The smallest absolute Gasteiger partial charge is 0.191 e. The van der Waals surface area contributed by atoms with Crippen molar-refractivity contribution in [1.82, 2.24) is 15.5 Å². The van der Waals surface area contributed by atoms with Gasteiger partial charge in [-0.15, -0.1) is 0 Å². The molecular weight excluding hydrogens is 224 g/mol. The molecule has 0 aliphatic heterocycles. The summed E-state index contributed by atoms with van der Waals surface area (Å²) >= 11 is 0. The molecule has 0 spiro atoms. The molecule has 18 heavy (non-hydrogen) atoms. The number of hydrogen-bond donors (Lipinski definition) is 2. The lowest BCUT2D eigenvalue weighted by Gasteiger charge is -2.25. The third-order valence-corrected chi connectivity index (χ3v) is 3.12. The lowest BCUT2D eigenvalue weighted by Crippen LogP contribution is -2.40. The fourth-order valence-electron chi connectivity index (χ4n) is 1.91. The molecule has 4 nitrogen and oxygen atoms in total. The highest BCUT2D eigenvalue weighted by atomic mass is 15.2. The third-order valence-electron chi connectivity index (χ3n) is 3.12. The van der Waals surface area contributed by atoms with Crippen LogP contribution in [0.2, 0.25) is 0 Å². The summed E-state index contributed by atoms with van der Waals surface area (Å²) < 4.78 is 0. The fourth-order valence-corrected chi connectivity index (χ4v) is 1.91. The molecule has 0 aliphatic rings. The van der Waals surface area contributed by atoms with E-state index in [1.54, 1.807) is 0 Å². The number of nitrogens with zero attached hydrogens (tertiary/aromatic N) is 2. The first-order chi connectivity index (χ1) is 8.69. The molecule has 0 aromatic heterocycles. The summed E-state index contributed by atoms with van der Waals surface area (Å²) in [5.74, 6) is 0.949. The van der Waals surface area contributed by atoms with Gasteiger partial charge in [-0.25, -0.2) is 0 Å². The van der Waals surface area contributed by atoms with Crippen LogP contribution in [0.15, 0.2) is 4.99 Å². The number of unbranched alkanes of at least 4 members (excludes halogenated alkanes) is 1. The van der Waals surface area contributed by atoms with Gasteiger partial charge in [-0.05, 0) is 33.4 Å². The molecule has 0 aromatic rings. The first-order valence-electron chi connectivity index (χ1n) is 7.45. The number of guanidine groups is 1. The van der Waals surface area contributed by atoms with E-state index < -0.39 is 0 Å². The molecule has 0 saturated heterocycles. The van der Waals surface area contributed by atoms with Crippen molar-refractivity contribution in [3.8, 4) is 0 Å². The minimum Gasteiger partial charge on any atom is -0.357 e. The topological polar surface area (TPSA) is 39.7 Å². The van der Waals surface area contributed by atoms with Gasteiger partial charge in [-0.1, -0.05) is 27.2 Å². The average Bonchev–Trinajstić information content (AvgIpc) is 2.37. The van der Waals surface area contributed by atoms with Crippen molar-refractivity contribution in [1.29, 1.82) is 0 Å². The normalized spacial score (nSPS) is 13.8. The maximum absolute atomic E-state index is 4.65. The van der Waals surface area contributed by atoms with E-state index in [9.17, 15) is 0 Å². The van der Waals surface area contributed by atoms with Crippen LogP contribution in [0.25, 0.3) is 0 Å². The summed E-state index contributed by atoms with van der Waals surface area (Å²) in [4.78, 5) is 7.08. The Balaban J connectivity index is 4.19. The van der Waals surface area contributed by atoms with Gasteiger partial charge in [0.25, 0.3) is 0 Å². The predicted molar refractivity (Wildman–Crippen MR) is 81.3 cm³/mol. The molecule has 0 saturated carbocycles. The Kier molecular flexibility index (Phi) is 10.8. The summed E-state index contributed by atoms with van der Waals surface area (Å²) in [6, 6.07) is 0.502. The monoisotopic (exact) mass is 256 g/mol. The van der Waals surface area contributed by atoms with Crippen molar-refractivity contribution in [3.05, 3.63) is 0 Å². The van der Waals surface area contributed by atoms with Crippen LogP contribution in [-0.2, 0) is 0 Å². The van der Waals surface area contributed by atoms with Crippen LogP contribution in [0.3, 0.4) is 0 Å². The fraction of sp³-hybridized carbons (Fsp3) is 0.929. The first-order valence-corrected chi connectivity index (χ1v) is 7.45. The van der Waals surface area contributed by atoms with Crippen molar-refractivity contribution in [2.24, 2.45) is 4.99 Å². The van der Waals surface area contributed by atoms with E-state index in [0.29, 0.717) is 6.04 Å². The predicted octanol–water partition coefficient (Wildman–Crippen LogP) is 2.07. The van der Waals surface area contributed by atoms with Crippen molar-refractivity contribution >= 4 is 5.96 Å². The number of likely N-dealkylation sites (N-methyl/N-ethyl adjacent to an activating group) is 1. The Morgan fingerprint density at radius 2 is 1.78 bits per heavy atom. The van der Waals surface area contributed by atoms with E-state index >= 15 is 0 Å². The maximum atomic E-state index is 4.65. The van der Waals surface area contributed by atoms with Crippen molar-refractivity contribution in [3.63, 3.8) is 0 Å². The second-order valence-corrected chi connectivity index (χ2v) is 4.57. The minimum atomic E-state index is 0.502. The Bertz CT molecular complexity index is 212. The van der Waals surface area contributed by atoms with Gasteiger partial charge in [0, 0.05) is 19.1 Å². The van der Waals surface area contributed by atoms with Crippen LogP contribution in [0.1, 0.15) is 47.5 Å². The lowest BCUT2D eigenvalue weighted by molar-refractivity contribution is 0.237. The second kappa shape index (κ2) is 11.3. The van der Waals surface area contributed by atoms with E-state index in [1.165, 1.54) is 12.8 Å². The molecular formula is C14H32N4. The Labute approximate surface area is 113 Å². The van der Waals surface area contributed by atoms with Crippen molar-refractivity contribution in [2.75, 3.05) is 32.7 Å². The molecule has 2 N–H and O–H groups in total. The van der Waals surface area contributed by atoms with Gasteiger partial charge in [0.2, 0.25) is 0 Å². The Morgan fingerprint density at radius 1 is 1.11 bits per heavy atom. The first kappa shape index (κ1) is 17.2. The molecule has 108 valence electrons. The molecule has 0 fully saturated rings. The molecule has 0 amide bonds. The molecule has 1 atom stereocenters. The molecule has 1 unspecified atom stereocenters. The molecule has 4 heteroatoms. The molecule has 0 heterocycles. The van der Waals surface area contributed by atoms with Crippen LogP contribution >= 0.6 is 0 Å². The zero-order chi connectivity index (χ0) is 13.8. The van der Waals surface area contributed by atoms with Crippen LogP contribution in [0.4, 0.5) is 0 Å². The molecule has 0 aromatic carbocycles. The number of hydrogen-bond acceptors (Lipinski definition) is 2. The molecule has 0 bridgehead atoms. The average molecular weight is 256 g/mol. The van der Waals surface area contributed by atoms with Crippen LogP contribution in [0.5, 0.6) is 0 Å². The van der Waals surface area contributed by atoms with E-state index in [0.717, 1.165) is 38.7 Å². The Morgan fingerprint density at radius 3 is 2.28 bits per heavy atom. The molecule has 0 rings (SSSR count). The van der Waals surface area contributed by atoms with E-state index in [1.807, 2.05) is 0 Å². The largest absolute Gasteiger partial charge is 0.357 e. The van der Waals surface area contributed by atoms with E-state index in [4.69, 9.17) is 0 Å². The van der Waals surface area contributed by atoms with E-state index in [2.05, 4.69) is 55.1 Å². The van der Waals surface area contributed by atoms with Gasteiger partial charge >= 0.3 is 0 Å². The van der Waals surface area contributed by atoms with Gasteiger partial charge in [-0.2, -0.15) is 0 Å². The van der Waals surface area contributed by atoms with Gasteiger partial charge in [0.15, 0.2) is 5.96 Å². The highest BCUT2D eigenvalue weighted by Gasteiger charge is 2.09. The van der Waals surface area contributed by atoms with Gasteiger partial charge in [0.05, 0.1) is 6.54 Å². The zero-order valence-corrected chi connectivity index (χ0v) is 12.9. The molecule has 0 radical (unpaired) electrons. The summed E-state index contributed by atoms with van der Waals surface area (Å²) in [7, 11) is 0. The summed E-state index contributed by atoms with van der Waals surface area (Å²) in [6.07, 6.45) is 2.40. The van der Waals surface area contributed by atoms with Gasteiger partial charge < -0.3 is 10.6 Å². The number of aliphatic imine (C=N–C) groups is 1. The highest BCUT2D eigenvalue weighted by molar-refractivity contribution is 5.79. The lowest BCUT2D eigenvalue weighted by atomic mass is 10.3. The zero-order valence-electron chi connectivity index (χ0n) is 12.9. The van der Waals surface area contributed by atoms with Crippen LogP contribution in [-0.4, -0.2) is 49.6 Å². The summed E-state index contributed by atoms with van der Waals surface area (Å²) in [5.41, 5.74) is 0. The summed E-state index contributed by atoms with van der Waals surface area (Å²) in [5, 5.41) is 6.66. The van der Waals surface area contributed by atoms with E-state index in [-0.39, 0.29) is 0 Å². The molecule has 0 aliphatic carbocycles. The number of rotatable bonds is 9. The Hall–Kier alpha value is -0.770. The number of nitrogens with one attached hydrogen (secondary N) is 2. The maximum Gasteiger partial charge on any atom is 0.191 e. The van der Waals surface area contributed by atoms with Crippen LogP contribution < -0.4 is 10.6 Å². The van der Waals surface area contributed by atoms with Gasteiger partial charge in [0.1, 0.15) is 0 Å². The second-order valence-electron chi connectivity index (χ2n) is 4.57. The van der Waals surface area contributed by atoms with Gasteiger partial charge in [-0.3, -0.25) is 9.89 Å².